The zero-order valence-electron chi connectivity index (χ0n) is 15.0. The van der Waals surface area contributed by atoms with Crippen LogP contribution >= 0.6 is 0 Å². The second-order valence-corrected chi connectivity index (χ2v) is 6.20. The number of aromatic nitrogens is 2. The third-order valence-electron chi connectivity index (χ3n) is 4.32. The second-order valence-electron chi connectivity index (χ2n) is 6.20. The fourth-order valence-electron chi connectivity index (χ4n) is 2.83. The van der Waals surface area contributed by atoms with Crippen molar-refractivity contribution in [3.63, 3.8) is 0 Å². The maximum atomic E-state index is 12.4. The SMILES string of the molecule is CCc1nc2ccc(C(=O)NCc3ccc(C)cc3)cc2nc1CC. The number of carbonyl (C=O) groups is 1. The average Bonchev–Trinajstić information content (AvgIpc) is 2.65. The minimum absolute atomic E-state index is 0.0955. The van der Waals surface area contributed by atoms with Crippen LogP contribution in [-0.2, 0) is 19.4 Å². The average molecular weight is 333 g/mol. The Labute approximate surface area is 148 Å². The second kappa shape index (κ2) is 7.43. The summed E-state index contributed by atoms with van der Waals surface area (Å²) in [7, 11) is 0. The first-order valence-corrected chi connectivity index (χ1v) is 8.74. The Bertz CT molecular complexity index is 901. The molecule has 3 rings (SSSR count). The van der Waals surface area contributed by atoms with E-state index in [1.54, 1.807) is 0 Å². The highest BCUT2D eigenvalue weighted by molar-refractivity contribution is 5.97. The third-order valence-corrected chi connectivity index (χ3v) is 4.32. The summed E-state index contributed by atoms with van der Waals surface area (Å²) in [5.74, 6) is -0.0955. The number of benzene rings is 2. The van der Waals surface area contributed by atoms with Crippen LogP contribution in [0.5, 0.6) is 0 Å². The summed E-state index contributed by atoms with van der Waals surface area (Å²) in [5.41, 5.74) is 6.56. The van der Waals surface area contributed by atoms with Gasteiger partial charge >= 0.3 is 0 Å². The van der Waals surface area contributed by atoms with E-state index in [2.05, 4.69) is 24.1 Å². The molecule has 0 atom stereocenters. The standard InChI is InChI=1S/C21H23N3O/c1-4-17-18(5-2)24-20-12-16(10-11-19(20)23-17)21(25)22-13-15-8-6-14(3)7-9-15/h6-12H,4-5,13H2,1-3H3,(H,22,25). The van der Waals surface area contributed by atoms with Crippen molar-refractivity contribution in [3.8, 4) is 0 Å². The Balaban J connectivity index is 1.80. The van der Waals surface area contributed by atoms with Crippen LogP contribution in [0.4, 0.5) is 0 Å². The van der Waals surface area contributed by atoms with Crippen LogP contribution in [0, 0.1) is 6.92 Å². The van der Waals surface area contributed by atoms with Crippen molar-refractivity contribution in [2.45, 2.75) is 40.2 Å². The number of nitrogens with one attached hydrogen (secondary N) is 1. The first kappa shape index (κ1) is 17.1. The van der Waals surface area contributed by atoms with Gasteiger partial charge < -0.3 is 5.32 Å². The monoisotopic (exact) mass is 333 g/mol. The van der Waals surface area contributed by atoms with E-state index < -0.39 is 0 Å². The van der Waals surface area contributed by atoms with E-state index in [0.29, 0.717) is 12.1 Å². The van der Waals surface area contributed by atoms with E-state index in [-0.39, 0.29) is 5.91 Å². The van der Waals surface area contributed by atoms with Crippen LogP contribution in [0.2, 0.25) is 0 Å². The van der Waals surface area contributed by atoms with Gasteiger partial charge in [-0.2, -0.15) is 0 Å². The van der Waals surface area contributed by atoms with Crippen LogP contribution in [-0.4, -0.2) is 15.9 Å². The summed E-state index contributed by atoms with van der Waals surface area (Å²) in [6.45, 7) is 6.72. The van der Waals surface area contributed by atoms with Gasteiger partial charge in [0.2, 0.25) is 0 Å². The Hall–Kier alpha value is -2.75. The number of nitrogens with zero attached hydrogens (tertiary/aromatic N) is 2. The molecule has 1 N–H and O–H groups in total. The number of aryl methyl sites for hydroxylation is 3. The van der Waals surface area contributed by atoms with Gasteiger partial charge in [0.15, 0.2) is 0 Å². The number of hydrogen-bond donors (Lipinski definition) is 1. The van der Waals surface area contributed by atoms with Crippen molar-refractivity contribution >= 4 is 16.9 Å². The Kier molecular flexibility index (Phi) is 5.08. The smallest absolute Gasteiger partial charge is 0.251 e. The molecule has 1 aromatic heterocycles. The molecule has 3 aromatic rings. The molecule has 4 heteroatoms. The lowest BCUT2D eigenvalue weighted by molar-refractivity contribution is 0.0951. The fourth-order valence-corrected chi connectivity index (χ4v) is 2.83. The van der Waals surface area contributed by atoms with Crippen molar-refractivity contribution < 1.29 is 4.79 Å². The lowest BCUT2D eigenvalue weighted by Gasteiger charge is -2.09. The molecule has 0 saturated heterocycles. The molecule has 0 radical (unpaired) electrons. The van der Waals surface area contributed by atoms with Crippen molar-refractivity contribution in [3.05, 3.63) is 70.5 Å². The van der Waals surface area contributed by atoms with Crippen LogP contribution in [0.3, 0.4) is 0 Å². The molecule has 0 aliphatic carbocycles. The summed E-state index contributed by atoms with van der Waals surface area (Å²) in [4.78, 5) is 21.8. The summed E-state index contributed by atoms with van der Waals surface area (Å²) < 4.78 is 0. The molecule has 1 heterocycles. The number of hydrogen-bond acceptors (Lipinski definition) is 3. The highest BCUT2D eigenvalue weighted by Crippen LogP contribution is 2.16. The van der Waals surface area contributed by atoms with Gasteiger partial charge in [0, 0.05) is 12.1 Å². The summed E-state index contributed by atoms with van der Waals surface area (Å²) in [6.07, 6.45) is 1.71. The first-order chi connectivity index (χ1) is 12.1. The van der Waals surface area contributed by atoms with Crippen molar-refractivity contribution in [1.29, 1.82) is 0 Å². The lowest BCUT2D eigenvalue weighted by atomic mass is 10.1. The van der Waals surface area contributed by atoms with E-state index in [0.717, 1.165) is 40.8 Å². The molecule has 25 heavy (non-hydrogen) atoms. The molecule has 2 aromatic carbocycles. The molecular formula is C21H23N3O. The van der Waals surface area contributed by atoms with Crippen molar-refractivity contribution in [2.24, 2.45) is 0 Å². The molecule has 0 fully saturated rings. The summed E-state index contributed by atoms with van der Waals surface area (Å²) >= 11 is 0. The Morgan fingerprint density at radius 3 is 2.20 bits per heavy atom. The lowest BCUT2D eigenvalue weighted by Crippen LogP contribution is -2.22. The molecule has 0 bridgehead atoms. The van der Waals surface area contributed by atoms with E-state index in [9.17, 15) is 4.79 Å². The molecule has 0 saturated carbocycles. The molecule has 0 aliphatic heterocycles. The molecule has 0 aliphatic rings. The van der Waals surface area contributed by atoms with Gasteiger partial charge in [-0.15, -0.1) is 0 Å². The zero-order valence-corrected chi connectivity index (χ0v) is 15.0. The third kappa shape index (κ3) is 3.85. The maximum absolute atomic E-state index is 12.4. The number of amides is 1. The van der Waals surface area contributed by atoms with E-state index in [4.69, 9.17) is 4.98 Å². The van der Waals surface area contributed by atoms with Gasteiger partial charge in [-0.1, -0.05) is 43.7 Å². The highest BCUT2D eigenvalue weighted by atomic mass is 16.1. The topological polar surface area (TPSA) is 54.9 Å². The number of rotatable bonds is 5. The quantitative estimate of drug-likeness (QED) is 0.768. The molecule has 0 unspecified atom stereocenters. The summed E-state index contributed by atoms with van der Waals surface area (Å²) in [6, 6.07) is 13.7. The predicted octanol–water partition coefficient (Wildman–Crippen LogP) is 3.99. The molecular weight excluding hydrogens is 310 g/mol. The molecule has 1 amide bonds. The first-order valence-electron chi connectivity index (χ1n) is 8.74. The summed E-state index contributed by atoms with van der Waals surface area (Å²) in [5, 5.41) is 2.96. The Morgan fingerprint density at radius 1 is 0.920 bits per heavy atom. The molecule has 0 spiro atoms. The molecule has 4 nitrogen and oxygen atoms in total. The van der Waals surface area contributed by atoms with E-state index >= 15 is 0 Å². The van der Waals surface area contributed by atoms with Crippen LogP contribution in [0.1, 0.15) is 46.7 Å². The number of fused-ring (bicyclic) bond motifs is 1. The van der Waals surface area contributed by atoms with E-state index in [1.807, 2.05) is 49.4 Å². The van der Waals surface area contributed by atoms with Gasteiger partial charge in [-0.3, -0.25) is 4.79 Å². The van der Waals surface area contributed by atoms with E-state index in [1.165, 1.54) is 5.56 Å². The minimum Gasteiger partial charge on any atom is -0.348 e. The van der Waals surface area contributed by atoms with Crippen LogP contribution in [0.25, 0.3) is 11.0 Å². The Morgan fingerprint density at radius 2 is 1.56 bits per heavy atom. The van der Waals surface area contributed by atoms with Gasteiger partial charge in [0.05, 0.1) is 22.4 Å². The predicted molar refractivity (Wildman–Crippen MR) is 101 cm³/mol. The van der Waals surface area contributed by atoms with Crippen LogP contribution in [0.15, 0.2) is 42.5 Å². The molecule has 128 valence electrons. The minimum atomic E-state index is -0.0955. The normalized spacial score (nSPS) is 10.8. The number of carbonyl (C=O) groups excluding carboxylic acids is 1. The van der Waals surface area contributed by atoms with Gasteiger partial charge in [-0.05, 0) is 43.5 Å². The largest absolute Gasteiger partial charge is 0.348 e. The van der Waals surface area contributed by atoms with Gasteiger partial charge in [0.1, 0.15) is 0 Å². The van der Waals surface area contributed by atoms with Crippen molar-refractivity contribution in [1.82, 2.24) is 15.3 Å². The van der Waals surface area contributed by atoms with Gasteiger partial charge in [-0.25, -0.2) is 9.97 Å². The highest BCUT2D eigenvalue weighted by Gasteiger charge is 2.10. The van der Waals surface area contributed by atoms with Crippen molar-refractivity contribution in [2.75, 3.05) is 0 Å². The van der Waals surface area contributed by atoms with Gasteiger partial charge in [0.25, 0.3) is 5.91 Å². The fraction of sp³-hybridized carbons (Fsp3) is 0.286. The van der Waals surface area contributed by atoms with Crippen LogP contribution < -0.4 is 5.32 Å². The zero-order chi connectivity index (χ0) is 17.8. The maximum Gasteiger partial charge on any atom is 0.251 e.